The summed E-state index contributed by atoms with van der Waals surface area (Å²) in [5.41, 5.74) is 3.83. The lowest BCUT2D eigenvalue weighted by molar-refractivity contribution is 0.329. The van der Waals surface area contributed by atoms with Crippen molar-refractivity contribution in [2.45, 2.75) is 10.7 Å². The molecule has 0 bridgehead atoms. The van der Waals surface area contributed by atoms with E-state index >= 15 is 0 Å². The SMILES string of the molecule is O=c1[nH]c2ccc(C(Br)C3COc4ccccc43)cc2[nH]1. The maximum Gasteiger partial charge on any atom is 0.323 e. The number of para-hydroxylation sites is 1. The van der Waals surface area contributed by atoms with E-state index < -0.39 is 0 Å². The van der Waals surface area contributed by atoms with Gasteiger partial charge >= 0.3 is 5.69 Å². The number of hydrogen-bond acceptors (Lipinski definition) is 2. The van der Waals surface area contributed by atoms with E-state index in [9.17, 15) is 4.79 Å². The Labute approximate surface area is 129 Å². The van der Waals surface area contributed by atoms with Gasteiger partial charge in [0.25, 0.3) is 0 Å². The number of ether oxygens (including phenoxy) is 1. The summed E-state index contributed by atoms with van der Waals surface area (Å²) in [6.07, 6.45) is 0. The number of halogens is 1. The quantitative estimate of drug-likeness (QED) is 0.699. The molecule has 4 rings (SSSR count). The van der Waals surface area contributed by atoms with Gasteiger partial charge < -0.3 is 14.7 Å². The lowest BCUT2D eigenvalue weighted by atomic mass is 9.93. The highest BCUT2D eigenvalue weighted by atomic mass is 79.9. The van der Waals surface area contributed by atoms with Crippen molar-refractivity contribution in [3.05, 3.63) is 64.1 Å². The topological polar surface area (TPSA) is 57.9 Å². The average Bonchev–Trinajstić information content (AvgIpc) is 3.07. The zero-order valence-electron chi connectivity index (χ0n) is 11.1. The van der Waals surface area contributed by atoms with Crippen LogP contribution in [0.15, 0.2) is 47.3 Å². The molecule has 0 saturated carbocycles. The molecule has 0 fully saturated rings. The average molecular weight is 345 g/mol. The number of imidazole rings is 1. The molecule has 21 heavy (non-hydrogen) atoms. The van der Waals surface area contributed by atoms with E-state index in [0.717, 1.165) is 22.3 Å². The Kier molecular flexibility index (Phi) is 2.89. The van der Waals surface area contributed by atoms with Crippen LogP contribution in [0.5, 0.6) is 5.75 Å². The predicted octanol–water partition coefficient (Wildman–Crippen LogP) is 3.47. The molecule has 2 N–H and O–H groups in total. The van der Waals surface area contributed by atoms with Gasteiger partial charge in [0.05, 0.1) is 17.6 Å². The third kappa shape index (κ3) is 2.08. The number of hydrogen-bond donors (Lipinski definition) is 2. The lowest BCUT2D eigenvalue weighted by Crippen LogP contribution is -2.07. The summed E-state index contributed by atoms with van der Waals surface area (Å²) >= 11 is 3.79. The molecule has 1 aromatic heterocycles. The molecule has 2 aromatic carbocycles. The monoisotopic (exact) mass is 344 g/mol. The van der Waals surface area contributed by atoms with Crippen LogP contribution in [0.2, 0.25) is 0 Å². The van der Waals surface area contributed by atoms with Gasteiger partial charge in [-0.2, -0.15) is 0 Å². The number of benzene rings is 2. The molecule has 2 atom stereocenters. The van der Waals surface area contributed by atoms with Crippen LogP contribution in [0, 0.1) is 0 Å². The smallest absolute Gasteiger partial charge is 0.323 e. The molecule has 106 valence electrons. The van der Waals surface area contributed by atoms with E-state index in [1.807, 2.05) is 36.4 Å². The third-order valence-corrected chi connectivity index (χ3v) is 5.12. The molecular weight excluding hydrogens is 332 g/mol. The number of H-pyrrole nitrogens is 2. The molecule has 2 heterocycles. The molecule has 0 radical (unpaired) electrons. The zero-order chi connectivity index (χ0) is 14.4. The van der Waals surface area contributed by atoms with E-state index in [0.29, 0.717) is 6.61 Å². The van der Waals surface area contributed by atoms with Gasteiger partial charge in [-0.05, 0) is 23.8 Å². The van der Waals surface area contributed by atoms with Crippen molar-refractivity contribution in [2.24, 2.45) is 0 Å². The van der Waals surface area contributed by atoms with Gasteiger partial charge in [0, 0.05) is 16.3 Å². The minimum atomic E-state index is -0.178. The first-order chi connectivity index (χ1) is 10.2. The number of aromatic amines is 2. The third-order valence-electron chi connectivity index (χ3n) is 3.95. The van der Waals surface area contributed by atoms with Crippen molar-refractivity contribution >= 4 is 27.0 Å². The summed E-state index contributed by atoms with van der Waals surface area (Å²) in [5.74, 6) is 1.23. The van der Waals surface area contributed by atoms with Crippen molar-refractivity contribution in [2.75, 3.05) is 6.61 Å². The van der Waals surface area contributed by atoms with E-state index in [4.69, 9.17) is 4.74 Å². The van der Waals surface area contributed by atoms with Crippen LogP contribution in [0.3, 0.4) is 0 Å². The van der Waals surface area contributed by atoms with Gasteiger partial charge in [0.1, 0.15) is 5.75 Å². The van der Waals surface area contributed by atoms with Crippen molar-refractivity contribution in [3.8, 4) is 5.75 Å². The van der Waals surface area contributed by atoms with Gasteiger partial charge in [-0.3, -0.25) is 0 Å². The Bertz CT molecular complexity index is 868. The number of aromatic nitrogens is 2. The maximum absolute atomic E-state index is 11.3. The summed E-state index contributed by atoms with van der Waals surface area (Å²) in [6, 6.07) is 14.1. The van der Waals surface area contributed by atoms with Crippen molar-refractivity contribution < 1.29 is 4.74 Å². The van der Waals surface area contributed by atoms with Gasteiger partial charge in [0.15, 0.2) is 0 Å². The van der Waals surface area contributed by atoms with E-state index in [1.165, 1.54) is 5.56 Å². The number of rotatable bonds is 2. The fourth-order valence-corrected chi connectivity index (χ4v) is 3.61. The van der Waals surface area contributed by atoms with Crippen LogP contribution in [0.4, 0.5) is 0 Å². The largest absolute Gasteiger partial charge is 0.493 e. The molecule has 0 aliphatic carbocycles. The fourth-order valence-electron chi connectivity index (χ4n) is 2.88. The van der Waals surface area contributed by atoms with Crippen LogP contribution in [-0.2, 0) is 0 Å². The summed E-state index contributed by atoms with van der Waals surface area (Å²) in [7, 11) is 0. The van der Waals surface area contributed by atoms with Gasteiger partial charge in [-0.1, -0.05) is 40.2 Å². The Balaban J connectivity index is 1.73. The molecule has 0 spiro atoms. The zero-order valence-corrected chi connectivity index (χ0v) is 12.7. The minimum Gasteiger partial charge on any atom is -0.493 e. The Morgan fingerprint density at radius 3 is 2.86 bits per heavy atom. The highest BCUT2D eigenvalue weighted by Crippen LogP contribution is 2.45. The summed E-state index contributed by atoms with van der Waals surface area (Å²) in [4.78, 5) is 17.0. The number of fused-ring (bicyclic) bond motifs is 2. The van der Waals surface area contributed by atoms with Crippen molar-refractivity contribution in [3.63, 3.8) is 0 Å². The maximum atomic E-state index is 11.3. The standard InChI is InChI=1S/C16H13BrN2O2/c17-15(11-8-21-14-4-2-1-3-10(11)14)9-5-6-12-13(7-9)19-16(20)18-12/h1-7,11,15H,8H2,(H2,18,19,20). The van der Waals surface area contributed by atoms with Crippen LogP contribution >= 0.6 is 15.9 Å². The first kappa shape index (κ1) is 12.7. The first-order valence-electron chi connectivity index (χ1n) is 6.80. The van der Waals surface area contributed by atoms with Gasteiger partial charge in [-0.25, -0.2) is 4.79 Å². The van der Waals surface area contributed by atoms with Crippen LogP contribution in [-0.4, -0.2) is 16.6 Å². The highest BCUT2D eigenvalue weighted by Gasteiger charge is 2.30. The van der Waals surface area contributed by atoms with Crippen LogP contribution in [0.1, 0.15) is 21.9 Å². The molecular formula is C16H13BrN2O2. The Morgan fingerprint density at radius 2 is 1.95 bits per heavy atom. The fraction of sp³-hybridized carbons (Fsp3) is 0.188. The lowest BCUT2D eigenvalue weighted by Gasteiger charge is -2.17. The molecule has 0 amide bonds. The van der Waals surface area contributed by atoms with E-state index in [2.05, 4.69) is 32.0 Å². The molecule has 3 aromatic rings. The molecule has 5 heteroatoms. The van der Waals surface area contributed by atoms with Crippen molar-refractivity contribution in [1.82, 2.24) is 9.97 Å². The number of nitrogens with one attached hydrogen (secondary N) is 2. The molecule has 4 nitrogen and oxygen atoms in total. The highest BCUT2D eigenvalue weighted by molar-refractivity contribution is 9.09. The van der Waals surface area contributed by atoms with E-state index in [-0.39, 0.29) is 16.4 Å². The van der Waals surface area contributed by atoms with Gasteiger partial charge in [-0.15, -0.1) is 0 Å². The Morgan fingerprint density at radius 1 is 1.14 bits per heavy atom. The predicted molar refractivity (Wildman–Crippen MR) is 85.3 cm³/mol. The molecule has 1 aliphatic rings. The molecule has 1 aliphatic heterocycles. The first-order valence-corrected chi connectivity index (χ1v) is 7.72. The summed E-state index contributed by atoms with van der Waals surface area (Å²) < 4.78 is 5.75. The second kappa shape index (κ2) is 4.77. The summed E-state index contributed by atoms with van der Waals surface area (Å²) in [6.45, 7) is 0.664. The minimum absolute atomic E-state index is 0.143. The second-order valence-electron chi connectivity index (χ2n) is 5.24. The molecule has 2 unspecified atom stereocenters. The van der Waals surface area contributed by atoms with E-state index in [1.54, 1.807) is 0 Å². The number of alkyl halides is 1. The van der Waals surface area contributed by atoms with Crippen LogP contribution < -0.4 is 10.4 Å². The summed E-state index contributed by atoms with van der Waals surface area (Å²) in [5, 5.41) is 0. The van der Waals surface area contributed by atoms with Crippen LogP contribution in [0.25, 0.3) is 11.0 Å². The second-order valence-corrected chi connectivity index (χ2v) is 6.23. The van der Waals surface area contributed by atoms with Gasteiger partial charge in [0.2, 0.25) is 0 Å². The normalized spacial score (nSPS) is 18.4. The molecule has 0 saturated heterocycles. The van der Waals surface area contributed by atoms with Crippen molar-refractivity contribution in [1.29, 1.82) is 0 Å². The Hall–Kier alpha value is -2.01.